The predicted molar refractivity (Wildman–Crippen MR) is 82.0 cm³/mol. The Balaban J connectivity index is 2.32. The molecule has 0 saturated carbocycles. The normalized spacial score (nSPS) is 12.3. The first-order chi connectivity index (χ1) is 9.11. The van der Waals surface area contributed by atoms with Gasteiger partial charge in [0.15, 0.2) is 0 Å². The molecule has 0 aliphatic carbocycles. The summed E-state index contributed by atoms with van der Waals surface area (Å²) in [7, 11) is 0. The zero-order valence-corrected chi connectivity index (χ0v) is 13.1. The van der Waals surface area contributed by atoms with Gasteiger partial charge in [0.05, 0.1) is 4.47 Å². The van der Waals surface area contributed by atoms with Crippen molar-refractivity contribution in [3.63, 3.8) is 0 Å². The summed E-state index contributed by atoms with van der Waals surface area (Å²) < 4.78 is 1.86. The molecule has 1 unspecified atom stereocenters. The van der Waals surface area contributed by atoms with E-state index in [0.717, 1.165) is 10.9 Å². The fourth-order valence-electron chi connectivity index (χ4n) is 1.82. The molecule has 4 nitrogen and oxygen atoms in total. The Morgan fingerprint density at radius 2 is 1.89 bits per heavy atom. The van der Waals surface area contributed by atoms with Crippen LogP contribution in [0.15, 0.2) is 50.6 Å². The van der Waals surface area contributed by atoms with E-state index in [1.165, 1.54) is 10.8 Å². The summed E-state index contributed by atoms with van der Waals surface area (Å²) in [6, 6.07) is 9.94. The zero-order valence-electron chi connectivity index (χ0n) is 9.98. The molecule has 0 saturated heterocycles. The molecule has 0 aliphatic rings. The number of halogens is 2. The lowest BCUT2D eigenvalue weighted by Gasteiger charge is -2.16. The highest BCUT2D eigenvalue weighted by Crippen LogP contribution is 2.19. The van der Waals surface area contributed by atoms with Gasteiger partial charge in [-0.15, -0.1) is 0 Å². The number of hydrogen-bond donors (Lipinski definition) is 1. The molecule has 100 valence electrons. The molecule has 0 bridgehead atoms. The standard InChI is InChI=1S/C13H12Br2N2O2/c14-6-10(9-4-2-1-3-5-9)7-17-8-11(15)12(18)16-13(17)19/h1-5,8,10H,6-7H2,(H,16,18,19). The molecule has 1 heterocycles. The maximum atomic E-state index is 11.7. The number of nitrogens with zero attached hydrogens (tertiary/aromatic N) is 1. The lowest BCUT2D eigenvalue weighted by Crippen LogP contribution is -2.31. The van der Waals surface area contributed by atoms with Crippen LogP contribution in [0.4, 0.5) is 0 Å². The van der Waals surface area contributed by atoms with Crippen LogP contribution in [0.3, 0.4) is 0 Å². The van der Waals surface area contributed by atoms with Crippen LogP contribution >= 0.6 is 31.9 Å². The summed E-state index contributed by atoms with van der Waals surface area (Å²) in [5.41, 5.74) is 0.347. The summed E-state index contributed by atoms with van der Waals surface area (Å²) in [5, 5.41) is 0.736. The fourth-order valence-corrected chi connectivity index (χ4v) is 2.75. The second-order valence-electron chi connectivity index (χ2n) is 4.15. The third-order valence-corrected chi connectivity index (χ3v) is 4.19. The van der Waals surface area contributed by atoms with Crippen molar-refractivity contribution in [3.8, 4) is 0 Å². The van der Waals surface area contributed by atoms with Gasteiger partial charge in [0, 0.05) is 24.0 Å². The maximum Gasteiger partial charge on any atom is 0.328 e. The van der Waals surface area contributed by atoms with E-state index >= 15 is 0 Å². The van der Waals surface area contributed by atoms with Crippen molar-refractivity contribution in [2.75, 3.05) is 5.33 Å². The molecule has 0 aliphatic heterocycles. The first-order valence-corrected chi connectivity index (χ1v) is 7.63. The van der Waals surface area contributed by atoms with Gasteiger partial charge in [0.1, 0.15) is 0 Å². The molecule has 2 aromatic rings. The molecule has 6 heteroatoms. The van der Waals surface area contributed by atoms with E-state index in [-0.39, 0.29) is 5.92 Å². The Morgan fingerprint density at radius 1 is 1.21 bits per heavy atom. The van der Waals surface area contributed by atoms with Crippen molar-refractivity contribution in [1.29, 1.82) is 0 Å². The van der Waals surface area contributed by atoms with Crippen molar-refractivity contribution in [3.05, 3.63) is 67.4 Å². The monoisotopic (exact) mass is 386 g/mol. The average molecular weight is 388 g/mol. The molecule has 1 N–H and O–H groups in total. The largest absolute Gasteiger partial charge is 0.328 e. The van der Waals surface area contributed by atoms with Gasteiger partial charge in [-0.3, -0.25) is 14.3 Å². The van der Waals surface area contributed by atoms with Gasteiger partial charge >= 0.3 is 5.69 Å². The minimum absolute atomic E-state index is 0.164. The van der Waals surface area contributed by atoms with Gasteiger partial charge in [0.2, 0.25) is 0 Å². The van der Waals surface area contributed by atoms with Crippen molar-refractivity contribution >= 4 is 31.9 Å². The van der Waals surface area contributed by atoms with Crippen molar-refractivity contribution in [1.82, 2.24) is 9.55 Å². The molecule has 19 heavy (non-hydrogen) atoms. The summed E-state index contributed by atoms with van der Waals surface area (Å²) >= 11 is 6.60. The van der Waals surface area contributed by atoms with Crippen LogP contribution < -0.4 is 11.2 Å². The molecular weight excluding hydrogens is 376 g/mol. The van der Waals surface area contributed by atoms with Crippen LogP contribution in [0.25, 0.3) is 0 Å². The van der Waals surface area contributed by atoms with Gasteiger partial charge in [-0.2, -0.15) is 0 Å². The maximum absolute atomic E-state index is 11.7. The smallest absolute Gasteiger partial charge is 0.299 e. The van der Waals surface area contributed by atoms with E-state index in [1.807, 2.05) is 30.3 Å². The Kier molecular flexibility index (Phi) is 4.76. The van der Waals surface area contributed by atoms with E-state index in [0.29, 0.717) is 11.0 Å². The van der Waals surface area contributed by atoms with Crippen LogP contribution in [0.5, 0.6) is 0 Å². The number of aromatic nitrogens is 2. The Labute approximate surface area is 126 Å². The van der Waals surface area contributed by atoms with E-state index in [1.54, 1.807) is 0 Å². The van der Waals surface area contributed by atoms with Gasteiger partial charge < -0.3 is 0 Å². The number of aromatic amines is 1. The number of nitrogens with one attached hydrogen (secondary N) is 1. The highest BCUT2D eigenvalue weighted by atomic mass is 79.9. The van der Waals surface area contributed by atoms with Gasteiger partial charge in [-0.1, -0.05) is 46.3 Å². The first kappa shape index (κ1) is 14.3. The Bertz CT molecular complexity index is 664. The van der Waals surface area contributed by atoms with E-state index in [2.05, 4.69) is 36.8 Å². The minimum Gasteiger partial charge on any atom is -0.299 e. The third-order valence-electron chi connectivity index (χ3n) is 2.84. The second-order valence-corrected chi connectivity index (χ2v) is 5.65. The molecule has 1 aromatic carbocycles. The van der Waals surface area contributed by atoms with Crippen LogP contribution in [-0.4, -0.2) is 14.9 Å². The molecule has 0 radical (unpaired) electrons. The van der Waals surface area contributed by atoms with Crippen LogP contribution in [0.1, 0.15) is 11.5 Å². The fraction of sp³-hybridized carbons (Fsp3) is 0.231. The van der Waals surface area contributed by atoms with Gasteiger partial charge in [-0.25, -0.2) is 4.79 Å². The van der Waals surface area contributed by atoms with E-state index in [4.69, 9.17) is 0 Å². The quantitative estimate of drug-likeness (QED) is 0.819. The molecule has 0 fully saturated rings. The van der Waals surface area contributed by atoms with Crippen molar-refractivity contribution in [2.45, 2.75) is 12.5 Å². The van der Waals surface area contributed by atoms with Crippen LogP contribution in [0.2, 0.25) is 0 Å². The van der Waals surface area contributed by atoms with Crippen molar-refractivity contribution < 1.29 is 0 Å². The lowest BCUT2D eigenvalue weighted by atomic mass is 10.0. The SMILES string of the molecule is O=c1[nH]c(=O)n(CC(CBr)c2ccccc2)cc1Br. The number of alkyl halides is 1. The average Bonchev–Trinajstić information content (AvgIpc) is 2.42. The summed E-state index contributed by atoms with van der Waals surface area (Å²) in [6.07, 6.45) is 1.53. The predicted octanol–water partition coefficient (Wildman–Crippen LogP) is 2.48. The molecule has 0 amide bonds. The Morgan fingerprint density at radius 3 is 2.53 bits per heavy atom. The lowest BCUT2D eigenvalue weighted by molar-refractivity contribution is 0.572. The summed E-state index contributed by atoms with van der Waals surface area (Å²) in [4.78, 5) is 25.3. The summed E-state index contributed by atoms with van der Waals surface area (Å²) in [6.45, 7) is 0.503. The van der Waals surface area contributed by atoms with Gasteiger partial charge in [-0.05, 0) is 21.5 Å². The molecule has 0 spiro atoms. The second kappa shape index (κ2) is 6.34. The number of benzene rings is 1. The molecule has 1 atom stereocenters. The number of rotatable bonds is 4. The van der Waals surface area contributed by atoms with Crippen LogP contribution in [-0.2, 0) is 6.54 Å². The van der Waals surface area contributed by atoms with Crippen molar-refractivity contribution in [2.24, 2.45) is 0 Å². The first-order valence-electron chi connectivity index (χ1n) is 5.72. The highest BCUT2D eigenvalue weighted by Gasteiger charge is 2.12. The van der Waals surface area contributed by atoms with Gasteiger partial charge in [0.25, 0.3) is 5.56 Å². The number of H-pyrrole nitrogens is 1. The van der Waals surface area contributed by atoms with Crippen LogP contribution in [0, 0.1) is 0 Å². The zero-order chi connectivity index (χ0) is 13.8. The van der Waals surface area contributed by atoms with E-state index < -0.39 is 11.2 Å². The molecular formula is C13H12Br2N2O2. The molecule has 2 rings (SSSR count). The topological polar surface area (TPSA) is 54.9 Å². The minimum atomic E-state index is -0.406. The molecule has 1 aromatic heterocycles. The third kappa shape index (κ3) is 3.45. The van der Waals surface area contributed by atoms with E-state index in [9.17, 15) is 9.59 Å². The summed E-state index contributed by atoms with van der Waals surface area (Å²) in [5.74, 6) is 0.164. The number of hydrogen-bond acceptors (Lipinski definition) is 2. The highest BCUT2D eigenvalue weighted by molar-refractivity contribution is 9.10. The Hall–Kier alpha value is -1.14.